The molecule has 2 aliphatic rings. The standard InChI is InChI=1S/C14H22N2O2/c1-8(2)7-10-11(14(10,3)4)13(18)16-15-12(17)9-5-6-9/h7,9-11H,5-6H2,1-4H3,(H,15,17)(H,16,18)/t10-,11+/m0/s1. The van der Waals surface area contributed by atoms with Crippen molar-refractivity contribution in [3.8, 4) is 0 Å². The number of rotatable bonds is 3. The Kier molecular flexibility index (Phi) is 3.21. The summed E-state index contributed by atoms with van der Waals surface area (Å²) in [5.74, 6) is 0.232. The molecule has 4 nitrogen and oxygen atoms in total. The number of hydrazine groups is 1. The summed E-state index contributed by atoms with van der Waals surface area (Å²) < 4.78 is 0. The van der Waals surface area contributed by atoms with Crippen LogP contribution in [0.4, 0.5) is 0 Å². The van der Waals surface area contributed by atoms with Gasteiger partial charge in [0.15, 0.2) is 0 Å². The smallest absolute Gasteiger partial charge is 0.242 e. The van der Waals surface area contributed by atoms with Gasteiger partial charge in [0, 0.05) is 5.92 Å². The maximum Gasteiger partial charge on any atom is 0.242 e. The number of amides is 2. The minimum absolute atomic E-state index is 0.00827. The van der Waals surface area contributed by atoms with E-state index in [1.54, 1.807) is 0 Å². The Hall–Kier alpha value is -1.32. The largest absolute Gasteiger partial charge is 0.273 e. The Labute approximate surface area is 108 Å². The topological polar surface area (TPSA) is 58.2 Å². The van der Waals surface area contributed by atoms with Crippen LogP contribution in [0.1, 0.15) is 40.5 Å². The molecule has 2 aliphatic carbocycles. The van der Waals surface area contributed by atoms with E-state index in [9.17, 15) is 9.59 Å². The Balaban J connectivity index is 1.86. The van der Waals surface area contributed by atoms with Crippen molar-refractivity contribution < 1.29 is 9.59 Å². The number of carbonyl (C=O) groups is 2. The van der Waals surface area contributed by atoms with Crippen molar-refractivity contribution in [2.75, 3.05) is 0 Å². The molecule has 0 heterocycles. The Bertz CT molecular complexity index is 404. The van der Waals surface area contributed by atoms with Gasteiger partial charge in [-0.15, -0.1) is 0 Å². The van der Waals surface area contributed by atoms with E-state index in [1.165, 1.54) is 5.57 Å². The summed E-state index contributed by atoms with van der Waals surface area (Å²) in [4.78, 5) is 23.4. The van der Waals surface area contributed by atoms with Gasteiger partial charge in [0.1, 0.15) is 0 Å². The van der Waals surface area contributed by atoms with Gasteiger partial charge in [-0.3, -0.25) is 20.4 Å². The minimum atomic E-state index is -0.0727. The van der Waals surface area contributed by atoms with E-state index in [2.05, 4.69) is 30.8 Å². The average molecular weight is 250 g/mol. The average Bonchev–Trinajstić information content (AvgIpc) is 3.13. The van der Waals surface area contributed by atoms with E-state index in [-0.39, 0.29) is 35.0 Å². The molecule has 100 valence electrons. The van der Waals surface area contributed by atoms with Crippen LogP contribution in [0.2, 0.25) is 0 Å². The molecule has 2 atom stereocenters. The van der Waals surface area contributed by atoms with Gasteiger partial charge in [0.2, 0.25) is 11.8 Å². The molecule has 0 aliphatic heterocycles. The van der Waals surface area contributed by atoms with Gasteiger partial charge >= 0.3 is 0 Å². The quantitative estimate of drug-likeness (QED) is 0.592. The van der Waals surface area contributed by atoms with Gasteiger partial charge in [-0.2, -0.15) is 0 Å². The number of hydrogen-bond acceptors (Lipinski definition) is 2. The minimum Gasteiger partial charge on any atom is -0.273 e. The van der Waals surface area contributed by atoms with E-state index in [0.29, 0.717) is 0 Å². The predicted molar refractivity (Wildman–Crippen MR) is 69.2 cm³/mol. The van der Waals surface area contributed by atoms with Crippen LogP contribution in [0.25, 0.3) is 0 Å². The lowest BCUT2D eigenvalue weighted by atomic mass is 10.1. The first kappa shape index (κ1) is 13.1. The number of hydrogen-bond donors (Lipinski definition) is 2. The van der Waals surface area contributed by atoms with Crippen LogP contribution in [-0.2, 0) is 9.59 Å². The van der Waals surface area contributed by atoms with Crippen LogP contribution in [0, 0.1) is 23.2 Å². The Morgan fingerprint density at radius 3 is 2.17 bits per heavy atom. The van der Waals surface area contributed by atoms with Crippen LogP contribution in [0.5, 0.6) is 0 Å². The zero-order valence-electron chi connectivity index (χ0n) is 11.5. The van der Waals surface area contributed by atoms with Gasteiger partial charge in [-0.05, 0) is 38.0 Å². The molecular weight excluding hydrogens is 228 g/mol. The van der Waals surface area contributed by atoms with Crippen molar-refractivity contribution in [1.29, 1.82) is 0 Å². The van der Waals surface area contributed by atoms with Crippen LogP contribution in [0.15, 0.2) is 11.6 Å². The van der Waals surface area contributed by atoms with E-state index >= 15 is 0 Å². The molecule has 2 amide bonds. The maximum absolute atomic E-state index is 12.0. The molecule has 2 saturated carbocycles. The fourth-order valence-corrected chi connectivity index (χ4v) is 2.50. The Morgan fingerprint density at radius 2 is 1.67 bits per heavy atom. The second-order valence-electron chi connectivity index (χ2n) is 6.32. The van der Waals surface area contributed by atoms with Crippen LogP contribution < -0.4 is 10.9 Å². The first-order valence-electron chi connectivity index (χ1n) is 6.58. The normalized spacial score (nSPS) is 28.2. The van der Waals surface area contributed by atoms with Crippen LogP contribution in [-0.4, -0.2) is 11.8 Å². The van der Waals surface area contributed by atoms with Crippen molar-refractivity contribution in [2.24, 2.45) is 23.2 Å². The number of allylic oxidation sites excluding steroid dienone is 2. The van der Waals surface area contributed by atoms with Gasteiger partial charge < -0.3 is 0 Å². The molecule has 18 heavy (non-hydrogen) atoms. The molecule has 0 bridgehead atoms. The van der Waals surface area contributed by atoms with E-state index in [4.69, 9.17) is 0 Å². The third-order valence-electron chi connectivity index (χ3n) is 3.96. The monoisotopic (exact) mass is 250 g/mol. The fraction of sp³-hybridized carbons (Fsp3) is 0.714. The van der Waals surface area contributed by atoms with Crippen molar-refractivity contribution >= 4 is 11.8 Å². The van der Waals surface area contributed by atoms with Crippen LogP contribution >= 0.6 is 0 Å². The van der Waals surface area contributed by atoms with Gasteiger partial charge in [-0.1, -0.05) is 25.5 Å². The first-order valence-corrected chi connectivity index (χ1v) is 6.58. The van der Waals surface area contributed by atoms with Gasteiger partial charge in [-0.25, -0.2) is 0 Å². The number of nitrogens with one attached hydrogen (secondary N) is 2. The third-order valence-corrected chi connectivity index (χ3v) is 3.96. The summed E-state index contributed by atoms with van der Waals surface area (Å²) in [6.07, 6.45) is 4.03. The van der Waals surface area contributed by atoms with Crippen molar-refractivity contribution in [1.82, 2.24) is 10.9 Å². The zero-order valence-corrected chi connectivity index (χ0v) is 11.5. The molecular formula is C14H22N2O2. The molecule has 0 saturated heterocycles. The Morgan fingerprint density at radius 1 is 1.11 bits per heavy atom. The van der Waals surface area contributed by atoms with Crippen molar-refractivity contribution in [3.63, 3.8) is 0 Å². The highest BCUT2D eigenvalue weighted by molar-refractivity contribution is 5.87. The zero-order chi connectivity index (χ0) is 13.5. The molecule has 0 aromatic heterocycles. The van der Waals surface area contributed by atoms with Crippen molar-refractivity contribution in [3.05, 3.63) is 11.6 Å². The molecule has 0 unspecified atom stereocenters. The number of carbonyl (C=O) groups excluding carboxylic acids is 2. The van der Waals surface area contributed by atoms with E-state index in [1.807, 2.05) is 13.8 Å². The summed E-state index contributed by atoms with van der Waals surface area (Å²) in [6, 6.07) is 0. The molecule has 2 fully saturated rings. The van der Waals surface area contributed by atoms with Crippen molar-refractivity contribution in [2.45, 2.75) is 40.5 Å². The molecule has 0 radical (unpaired) electrons. The van der Waals surface area contributed by atoms with Gasteiger partial charge in [0.25, 0.3) is 0 Å². The summed E-state index contributed by atoms with van der Waals surface area (Å²) in [5, 5.41) is 0. The third kappa shape index (κ3) is 2.57. The highest BCUT2D eigenvalue weighted by Gasteiger charge is 2.60. The summed E-state index contributed by atoms with van der Waals surface area (Å²) in [7, 11) is 0. The van der Waals surface area contributed by atoms with E-state index in [0.717, 1.165) is 12.8 Å². The lowest BCUT2D eigenvalue weighted by molar-refractivity contribution is -0.130. The molecule has 0 spiro atoms. The summed E-state index contributed by atoms with van der Waals surface area (Å²) >= 11 is 0. The lowest BCUT2D eigenvalue weighted by Crippen LogP contribution is -2.43. The fourth-order valence-electron chi connectivity index (χ4n) is 2.50. The maximum atomic E-state index is 12.0. The van der Waals surface area contributed by atoms with Crippen LogP contribution in [0.3, 0.4) is 0 Å². The predicted octanol–water partition coefficient (Wildman–Crippen LogP) is 1.78. The first-order chi connectivity index (χ1) is 8.34. The second kappa shape index (κ2) is 4.41. The van der Waals surface area contributed by atoms with Gasteiger partial charge in [0.05, 0.1) is 5.92 Å². The molecule has 2 N–H and O–H groups in total. The molecule has 2 rings (SSSR count). The molecule has 0 aromatic carbocycles. The summed E-state index contributed by atoms with van der Waals surface area (Å²) in [5.41, 5.74) is 6.29. The molecule has 4 heteroatoms. The summed E-state index contributed by atoms with van der Waals surface area (Å²) in [6.45, 7) is 8.25. The molecule has 0 aromatic rings. The highest BCUT2D eigenvalue weighted by atomic mass is 16.2. The highest BCUT2D eigenvalue weighted by Crippen LogP contribution is 2.59. The SMILES string of the molecule is CC(C)=C[C@H]1[C@H](C(=O)NNC(=O)C2CC2)C1(C)C. The lowest BCUT2D eigenvalue weighted by Gasteiger charge is -2.07. The second-order valence-corrected chi connectivity index (χ2v) is 6.32. The van der Waals surface area contributed by atoms with E-state index < -0.39 is 0 Å².